The van der Waals surface area contributed by atoms with Gasteiger partial charge in [-0.15, -0.1) is 11.8 Å². The smallest absolute Gasteiger partial charge is 0.320 e. The van der Waals surface area contributed by atoms with E-state index in [-0.39, 0.29) is 6.54 Å². The number of nitrogens with zero attached hydrogens (tertiary/aromatic N) is 1. The Balaban J connectivity index is 1.47. The first kappa shape index (κ1) is 19.3. The van der Waals surface area contributed by atoms with E-state index in [1.165, 1.54) is 28.7 Å². The first-order chi connectivity index (χ1) is 13.0. The van der Waals surface area contributed by atoms with Crippen molar-refractivity contribution < 1.29 is 13.6 Å². The van der Waals surface area contributed by atoms with E-state index in [2.05, 4.69) is 39.3 Å². The third-order valence-corrected chi connectivity index (χ3v) is 5.47. The molecule has 0 radical (unpaired) electrons. The van der Waals surface area contributed by atoms with E-state index in [1.807, 2.05) is 6.92 Å². The van der Waals surface area contributed by atoms with Gasteiger partial charge in [0.15, 0.2) is 11.6 Å². The normalized spacial score (nSPS) is 10.6. The number of carbonyl (C=O) groups excluding carboxylic acids is 1. The second kappa shape index (κ2) is 8.96. The maximum atomic E-state index is 13.2. The number of anilines is 1. The van der Waals surface area contributed by atoms with E-state index in [0.29, 0.717) is 10.6 Å². The van der Waals surface area contributed by atoms with Crippen molar-refractivity contribution in [1.82, 2.24) is 9.69 Å². The van der Waals surface area contributed by atoms with Crippen LogP contribution in [0.2, 0.25) is 0 Å². The number of urea groups is 1. The third-order valence-electron chi connectivity index (χ3n) is 3.67. The Labute approximate surface area is 164 Å². The molecule has 1 aromatic heterocycles. The van der Waals surface area contributed by atoms with Crippen LogP contribution in [0.4, 0.5) is 18.6 Å². The Kier molecular flexibility index (Phi) is 6.41. The summed E-state index contributed by atoms with van der Waals surface area (Å²) in [4.78, 5) is 11.9. The Morgan fingerprint density at radius 1 is 1.07 bits per heavy atom. The molecule has 2 N–H and O–H groups in total. The molecule has 4 nitrogen and oxygen atoms in total. The van der Waals surface area contributed by atoms with Gasteiger partial charge in [-0.3, -0.25) is 5.32 Å². The summed E-state index contributed by atoms with van der Waals surface area (Å²) in [7, 11) is 0. The van der Waals surface area contributed by atoms with E-state index in [9.17, 15) is 13.6 Å². The Morgan fingerprint density at radius 2 is 1.81 bits per heavy atom. The number of nitrogens with one attached hydrogen (secondary N) is 2. The standard InChI is InChI=1S/C19H17F2N3OS2/c1-12-2-4-13(5-3-12)11-26-18-9-17(27-24-18)23-19(25)22-10-14-6-7-15(20)16(21)8-14/h2-9H,10-11H2,1H3,(H2,22,23,25). The summed E-state index contributed by atoms with van der Waals surface area (Å²) in [6.07, 6.45) is 0. The fraction of sp³-hybridized carbons (Fsp3) is 0.158. The van der Waals surface area contributed by atoms with Crippen LogP contribution in [0.15, 0.2) is 53.6 Å². The molecule has 0 spiro atoms. The average Bonchev–Trinajstić information content (AvgIpc) is 3.09. The second-order valence-corrected chi connectivity index (χ2v) is 7.66. The molecule has 140 valence electrons. The molecular formula is C19H17F2N3OS2. The van der Waals surface area contributed by atoms with Crippen molar-refractivity contribution in [1.29, 1.82) is 0 Å². The summed E-state index contributed by atoms with van der Waals surface area (Å²) < 4.78 is 30.4. The SMILES string of the molecule is Cc1ccc(CSc2cc(NC(=O)NCc3ccc(F)c(F)c3)sn2)cc1. The van der Waals surface area contributed by atoms with Crippen molar-refractivity contribution in [3.8, 4) is 0 Å². The zero-order valence-corrected chi connectivity index (χ0v) is 16.1. The summed E-state index contributed by atoms with van der Waals surface area (Å²) in [5.41, 5.74) is 2.90. The number of benzene rings is 2. The van der Waals surface area contributed by atoms with Gasteiger partial charge in [-0.25, -0.2) is 13.6 Å². The van der Waals surface area contributed by atoms with Crippen LogP contribution in [0.3, 0.4) is 0 Å². The molecule has 0 aliphatic heterocycles. The van der Waals surface area contributed by atoms with Gasteiger partial charge in [-0.1, -0.05) is 35.9 Å². The number of aromatic nitrogens is 1. The van der Waals surface area contributed by atoms with Crippen molar-refractivity contribution in [2.24, 2.45) is 0 Å². The summed E-state index contributed by atoms with van der Waals surface area (Å²) in [6.45, 7) is 2.14. The number of carbonyl (C=O) groups is 1. The van der Waals surface area contributed by atoms with Gasteiger partial charge in [0.2, 0.25) is 0 Å². The lowest BCUT2D eigenvalue weighted by Gasteiger charge is -2.06. The third kappa shape index (κ3) is 5.77. The van der Waals surface area contributed by atoms with E-state index < -0.39 is 17.7 Å². The Bertz CT molecular complexity index is 929. The molecule has 0 fully saturated rings. The van der Waals surface area contributed by atoms with Crippen LogP contribution in [0, 0.1) is 18.6 Å². The number of hydrogen-bond donors (Lipinski definition) is 2. The second-order valence-electron chi connectivity index (χ2n) is 5.86. The van der Waals surface area contributed by atoms with Gasteiger partial charge >= 0.3 is 6.03 Å². The van der Waals surface area contributed by atoms with Crippen LogP contribution in [-0.4, -0.2) is 10.4 Å². The minimum absolute atomic E-state index is 0.0941. The van der Waals surface area contributed by atoms with Crippen LogP contribution in [0.25, 0.3) is 0 Å². The van der Waals surface area contributed by atoms with E-state index in [0.717, 1.165) is 22.9 Å². The summed E-state index contributed by atoms with van der Waals surface area (Å²) in [6, 6.07) is 13.2. The van der Waals surface area contributed by atoms with E-state index in [4.69, 9.17) is 0 Å². The van der Waals surface area contributed by atoms with E-state index >= 15 is 0 Å². The number of aryl methyl sites for hydroxylation is 1. The molecular weight excluding hydrogens is 388 g/mol. The van der Waals surface area contributed by atoms with Crippen LogP contribution in [-0.2, 0) is 12.3 Å². The molecule has 0 unspecified atom stereocenters. The lowest BCUT2D eigenvalue weighted by atomic mass is 10.2. The molecule has 2 amide bonds. The van der Waals surface area contributed by atoms with Crippen LogP contribution in [0.1, 0.15) is 16.7 Å². The number of thioether (sulfide) groups is 1. The van der Waals surface area contributed by atoms with Crippen molar-refractivity contribution in [3.63, 3.8) is 0 Å². The monoisotopic (exact) mass is 405 g/mol. The molecule has 27 heavy (non-hydrogen) atoms. The first-order valence-electron chi connectivity index (χ1n) is 8.13. The molecule has 0 atom stereocenters. The molecule has 0 saturated carbocycles. The average molecular weight is 405 g/mol. The molecule has 1 heterocycles. The van der Waals surface area contributed by atoms with Crippen molar-refractivity contribution in [2.75, 3.05) is 5.32 Å². The number of halogens is 2. The lowest BCUT2D eigenvalue weighted by Crippen LogP contribution is -2.27. The molecule has 8 heteroatoms. The predicted molar refractivity (Wildman–Crippen MR) is 105 cm³/mol. The largest absolute Gasteiger partial charge is 0.334 e. The van der Waals surface area contributed by atoms with Gasteiger partial charge in [-0.05, 0) is 41.7 Å². The maximum absolute atomic E-state index is 13.2. The highest BCUT2D eigenvalue weighted by atomic mass is 32.2. The highest BCUT2D eigenvalue weighted by Crippen LogP contribution is 2.27. The first-order valence-corrected chi connectivity index (χ1v) is 9.89. The summed E-state index contributed by atoms with van der Waals surface area (Å²) >= 11 is 2.78. The molecule has 0 aliphatic rings. The lowest BCUT2D eigenvalue weighted by molar-refractivity contribution is 0.252. The zero-order chi connectivity index (χ0) is 19.2. The van der Waals surface area contributed by atoms with Crippen molar-refractivity contribution in [3.05, 3.63) is 76.9 Å². The maximum Gasteiger partial charge on any atom is 0.320 e. The highest BCUT2D eigenvalue weighted by molar-refractivity contribution is 7.98. The molecule has 3 aromatic rings. The summed E-state index contributed by atoms with van der Waals surface area (Å²) in [5, 5.41) is 6.73. The molecule has 3 rings (SSSR count). The fourth-order valence-corrected chi connectivity index (χ4v) is 3.86. The van der Waals surface area contributed by atoms with Crippen LogP contribution >= 0.6 is 23.3 Å². The number of rotatable bonds is 6. The minimum atomic E-state index is -0.938. The molecule has 2 aromatic carbocycles. The minimum Gasteiger partial charge on any atom is -0.334 e. The number of amides is 2. The van der Waals surface area contributed by atoms with Gasteiger partial charge in [0.25, 0.3) is 0 Å². The summed E-state index contributed by atoms with van der Waals surface area (Å²) in [5.74, 6) is -1.05. The molecule has 0 bridgehead atoms. The van der Waals surface area contributed by atoms with Crippen molar-refractivity contribution in [2.45, 2.75) is 24.2 Å². The van der Waals surface area contributed by atoms with Gasteiger partial charge in [-0.2, -0.15) is 4.37 Å². The molecule has 0 aliphatic carbocycles. The Morgan fingerprint density at radius 3 is 2.56 bits per heavy atom. The number of hydrogen-bond acceptors (Lipinski definition) is 4. The van der Waals surface area contributed by atoms with Gasteiger partial charge < -0.3 is 5.32 Å². The van der Waals surface area contributed by atoms with Crippen LogP contribution < -0.4 is 10.6 Å². The van der Waals surface area contributed by atoms with E-state index in [1.54, 1.807) is 17.8 Å². The topological polar surface area (TPSA) is 54.0 Å². The quantitative estimate of drug-likeness (QED) is 0.544. The predicted octanol–water partition coefficient (Wildman–Crippen LogP) is 5.34. The zero-order valence-electron chi connectivity index (χ0n) is 14.5. The van der Waals surface area contributed by atoms with Crippen LogP contribution in [0.5, 0.6) is 0 Å². The molecule has 0 saturated heterocycles. The Hall–Kier alpha value is -2.45. The highest BCUT2D eigenvalue weighted by Gasteiger charge is 2.08. The fourth-order valence-electron chi connectivity index (χ4n) is 2.22. The van der Waals surface area contributed by atoms with Gasteiger partial charge in [0, 0.05) is 18.4 Å². The van der Waals surface area contributed by atoms with Crippen molar-refractivity contribution >= 4 is 34.3 Å². The van der Waals surface area contributed by atoms with Gasteiger partial charge in [0.05, 0.1) is 0 Å². The van der Waals surface area contributed by atoms with Gasteiger partial charge in [0.1, 0.15) is 10.0 Å².